The molecule has 0 aliphatic heterocycles. The van der Waals surface area contributed by atoms with E-state index in [0.717, 1.165) is 5.56 Å². The molecule has 1 aromatic carbocycles. The van der Waals surface area contributed by atoms with Crippen LogP contribution in [0.3, 0.4) is 0 Å². The molecule has 2 rings (SSSR count). The van der Waals surface area contributed by atoms with Gasteiger partial charge in [0.2, 0.25) is 0 Å². The van der Waals surface area contributed by atoms with Gasteiger partial charge in [0.05, 0.1) is 13.7 Å². The molecule has 0 aliphatic rings. The number of esters is 1. The van der Waals surface area contributed by atoms with Crippen molar-refractivity contribution in [1.82, 2.24) is 14.8 Å². The van der Waals surface area contributed by atoms with Crippen LogP contribution in [0, 0.1) is 0 Å². The number of phenolic OH excluding ortho intramolecular Hbond substituents is 1. The summed E-state index contributed by atoms with van der Waals surface area (Å²) in [5.41, 5.74) is 0.948. The van der Waals surface area contributed by atoms with Crippen LogP contribution in [0.4, 0.5) is 0 Å². The van der Waals surface area contributed by atoms with Crippen LogP contribution < -0.4 is 0 Å². The lowest BCUT2D eigenvalue weighted by Crippen LogP contribution is -2.06. The summed E-state index contributed by atoms with van der Waals surface area (Å²) < 4.78 is 6.03. The molecule has 0 amide bonds. The Bertz CT molecular complexity index is 519. The molecule has 0 saturated carbocycles. The molecule has 0 aliphatic carbocycles. The van der Waals surface area contributed by atoms with E-state index in [-0.39, 0.29) is 11.6 Å². The molecule has 1 heterocycles. The quantitative estimate of drug-likeness (QED) is 0.794. The molecule has 6 nitrogen and oxygen atoms in total. The number of hydrogen-bond donors (Lipinski definition) is 1. The van der Waals surface area contributed by atoms with Gasteiger partial charge in [-0.3, -0.25) is 0 Å². The van der Waals surface area contributed by atoms with Crippen molar-refractivity contribution in [2.24, 2.45) is 0 Å². The second kappa shape index (κ2) is 4.65. The average Bonchev–Trinajstić information content (AvgIpc) is 2.80. The minimum Gasteiger partial charge on any atom is -0.508 e. The molecule has 0 radical (unpaired) electrons. The number of benzene rings is 1. The lowest BCUT2D eigenvalue weighted by molar-refractivity contribution is 0.0586. The van der Waals surface area contributed by atoms with Crippen LogP contribution >= 0.6 is 0 Å². The van der Waals surface area contributed by atoms with E-state index in [0.29, 0.717) is 6.54 Å². The SMILES string of the molecule is COC(=O)c1ncn(Cc2ccc(O)cc2)n1. The minimum absolute atomic E-state index is 0.0336. The van der Waals surface area contributed by atoms with Crippen molar-refractivity contribution in [2.45, 2.75) is 6.54 Å². The topological polar surface area (TPSA) is 77.2 Å². The van der Waals surface area contributed by atoms with Crippen LogP contribution in [0.2, 0.25) is 0 Å². The zero-order chi connectivity index (χ0) is 12.3. The molecule has 0 spiro atoms. The third-order valence-corrected chi connectivity index (χ3v) is 2.19. The first-order valence-corrected chi connectivity index (χ1v) is 4.94. The highest BCUT2D eigenvalue weighted by molar-refractivity contribution is 5.84. The third-order valence-electron chi connectivity index (χ3n) is 2.19. The Morgan fingerprint density at radius 1 is 1.41 bits per heavy atom. The molecule has 0 fully saturated rings. The van der Waals surface area contributed by atoms with Gasteiger partial charge in [0, 0.05) is 0 Å². The van der Waals surface area contributed by atoms with Crippen LogP contribution in [0.15, 0.2) is 30.6 Å². The van der Waals surface area contributed by atoms with Crippen LogP contribution in [0.5, 0.6) is 5.75 Å². The van der Waals surface area contributed by atoms with Gasteiger partial charge in [0.15, 0.2) is 0 Å². The van der Waals surface area contributed by atoms with E-state index < -0.39 is 5.97 Å². The highest BCUT2D eigenvalue weighted by Gasteiger charge is 2.10. The number of carbonyl (C=O) groups excluding carboxylic acids is 1. The number of aromatic hydroxyl groups is 1. The number of phenols is 1. The summed E-state index contributed by atoms with van der Waals surface area (Å²) in [7, 11) is 1.28. The molecular formula is C11H11N3O3. The zero-order valence-electron chi connectivity index (χ0n) is 9.20. The van der Waals surface area contributed by atoms with Gasteiger partial charge >= 0.3 is 5.97 Å². The van der Waals surface area contributed by atoms with Crippen LogP contribution in [-0.2, 0) is 11.3 Å². The Balaban J connectivity index is 2.11. The summed E-state index contributed by atoms with van der Waals surface area (Å²) in [5, 5.41) is 13.1. The second-order valence-corrected chi connectivity index (χ2v) is 3.42. The lowest BCUT2D eigenvalue weighted by atomic mass is 10.2. The van der Waals surface area contributed by atoms with Gasteiger partial charge in [-0.25, -0.2) is 14.5 Å². The maximum absolute atomic E-state index is 11.1. The van der Waals surface area contributed by atoms with Crippen molar-refractivity contribution < 1.29 is 14.6 Å². The molecule has 0 atom stereocenters. The highest BCUT2D eigenvalue weighted by Crippen LogP contribution is 2.10. The number of hydrogen-bond acceptors (Lipinski definition) is 5. The van der Waals surface area contributed by atoms with Crippen molar-refractivity contribution in [3.63, 3.8) is 0 Å². The first-order valence-electron chi connectivity index (χ1n) is 4.94. The smallest absolute Gasteiger partial charge is 0.377 e. The van der Waals surface area contributed by atoms with Crippen molar-refractivity contribution >= 4 is 5.97 Å². The maximum atomic E-state index is 11.1. The minimum atomic E-state index is -0.561. The number of methoxy groups -OCH3 is 1. The fourth-order valence-electron chi connectivity index (χ4n) is 1.34. The van der Waals surface area contributed by atoms with E-state index in [1.54, 1.807) is 24.3 Å². The normalized spacial score (nSPS) is 10.2. The summed E-state index contributed by atoms with van der Waals surface area (Å²) in [6, 6.07) is 6.73. The van der Waals surface area contributed by atoms with Gasteiger partial charge in [-0.05, 0) is 17.7 Å². The standard InChI is InChI=1S/C11H11N3O3/c1-17-11(16)10-12-7-14(13-10)6-8-2-4-9(15)5-3-8/h2-5,7,15H,6H2,1H3. The summed E-state index contributed by atoms with van der Waals surface area (Å²) in [6.45, 7) is 0.476. The number of carbonyl (C=O) groups is 1. The van der Waals surface area contributed by atoms with E-state index in [1.807, 2.05) is 0 Å². The first kappa shape index (κ1) is 11.1. The largest absolute Gasteiger partial charge is 0.508 e. The molecule has 6 heteroatoms. The van der Waals surface area contributed by atoms with Crippen molar-refractivity contribution in [3.05, 3.63) is 42.0 Å². The molecule has 1 aromatic heterocycles. The molecule has 0 bridgehead atoms. The molecular weight excluding hydrogens is 222 g/mol. The van der Waals surface area contributed by atoms with Crippen molar-refractivity contribution in [1.29, 1.82) is 0 Å². The second-order valence-electron chi connectivity index (χ2n) is 3.42. The molecule has 2 aromatic rings. The lowest BCUT2D eigenvalue weighted by Gasteiger charge is -2.00. The first-order chi connectivity index (χ1) is 8.19. The molecule has 0 saturated heterocycles. The molecule has 1 N–H and O–H groups in total. The Hall–Kier alpha value is -2.37. The molecule has 17 heavy (non-hydrogen) atoms. The van der Waals surface area contributed by atoms with Crippen LogP contribution in [0.25, 0.3) is 0 Å². The third kappa shape index (κ3) is 2.60. The van der Waals surface area contributed by atoms with Gasteiger partial charge in [-0.1, -0.05) is 12.1 Å². The summed E-state index contributed by atoms with van der Waals surface area (Å²) >= 11 is 0. The predicted octanol–water partition coefficient (Wildman–Crippen LogP) is 0.819. The van der Waals surface area contributed by atoms with E-state index >= 15 is 0 Å². The monoisotopic (exact) mass is 233 g/mol. The fourth-order valence-corrected chi connectivity index (χ4v) is 1.34. The number of nitrogens with zero attached hydrogens (tertiary/aromatic N) is 3. The number of ether oxygens (including phenoxy) is 1. The summed E-state index contributed by atoms with van der Waals surface area (Å²) in [6.07, 6.45) is 1.46. The van der Waals surface area contributed by atoms with E-state index in [2.05, 4.69) is 14.8 Å². The summed E-state index contributed by atoms with van der Waals surface area (Å²) in [5.74, 6) is -0.316. The zero-order valence-corrected chi connectivity index (χ0v) is 9.20. The van der Waals surface area contributed by atoms with E-state index in [1.165, 1.54) is 18.1 Å². The Morgan fingerprint density at radius 3 is 2.76 bits per heavy atom. The number of aromatic nitrogens is 3. The van der Waals surface area contributed by atoms with Crippen molar-refractivity contribution in [3.8, 4) is 5.75 Å². The van der Waals surface area contributed by atoms with E-state index in [4.69, 9.17) is 5.11 Å². The summed E-state index contributed by atoms with van der Waals surface area (Å²) in [4.78, 5) is 15.0. The number of rotatable bonds is 3. The average molecular weight is 233 g/mol. The Kier molecular flexibility index (Phi) is 3.04. The predicted molar refractivity (Wildman–Crippen MR) is 58.6 cm³/mol. The maximum Gasteiger partial charge on any atom is 0.377 e. The van der Waals surface area contributed by atoms with E-state index in [9.17, 15) is 4.79 Å². The Labute approximate surface area is 97.5 Å². The molecule has 88 valence electrons. The van der Waals surface area contributed by atoms with Crippen molar-refractivity contribution in [2.75, 3.05) is 7.11 Å². The van der Waals surface area contributed by atoms with Gasteiger partial charge in [-0.15, -0.1) is 5.10 Å². The highest BCUT2D eigenvalue weighted by atomic mass is 16.5. The fraction of sp³-hybridized carbons (Fsp3) is 0.182. The van der Waals surface area contributed by atoms with Crippen LogP contribution in [0.1, 0.15) is 16.2 Å². The van der Waals surface area contributed by atoms with Gasteiger partial charge in [0.25, 0.3) is 5.82 Å². The van der Waals surface area contributed by atoms with Gasteiger partial charge in [-0.2, -0.15) is 0 Å². The van der Waals surface area contributed by atoms with Gasteiger partial charge in [0.1, 0.15) is 12.1 Å². The molecule has 0 unspecified atom stereocenters. The van der Waals surface area contributed by atoms with Crippen LogP contribution in [-0.4, -0.2) is 33.0 Å². The van der Waals surface area contributed by atoms with Gasteiger partial charge < -0.3 is 9.84 Å². The Morgan fingerprint density at radius 2 is 2.12 bits per heavy atom.